The molecular weight excluding hydrogens is 229 g/mol. The molecule has 1 amide bonds. The van der Waals surface area contributed by atoms with Crippen molar-refractivity contribution < 1.29 is 9.18 Å². The second-order valence-electron chi connectivity index (χ2n) is 3.76. The summed E-state index contributed by atoms with van der Waals surface area (Å²) in [5.74, 6) is -1.29. The van der Waals surface area contributed by atoms with Gasteiger partial charge in [0.25, 0.3) is 5.91 Å². The summed E-state index contributed by atoms with van der Waals surface area (Å²) in [5, 5.41) is 0. The van der Waals surface area contributed by atoms with Crippen LogP contribution < -0.4 is 0 Å². The Morgan fingerprint density at radius 1 is 1.22 bits per heavy atom. The van der Waals surface area contributed by atoms with Gasteiger partial charge in [-0.05, 0) is 25.5 Å². The van der Waals surface area contributed by atoms with Crippen LogP contribution in [0.3, 0.4) is 0 Å². The van der Waals surface area contributed by atoms with E-state index in [9.17, 15) is 9.18 Å². The van der Waals surface area contributed by atoms with E-state index < -0.39 is 11.7 Å². The zero-order chi connectivity index (χ0) is 13.4. The molecule has 0 saturated carbocycles. The molecule has 0 aromatic heterocycles. The van der Waals surface area contributed by atoms with E-state index in [-0.39, 0.29) is 0 Å². The summed E-state index contributed by atoms with van der Waals surface area (Å²) in [4.78, 5) is 13.0. The minimum absolute atomic E-state index is 0.513. The first-order chi connectivity index (χ1) is 8.69. The summed E-state index contributed by atoms with van der Waals surface area (Å²) in [7, 11) is 0. The maximum atomic E-state index is 13.5. The van der Waals surface area contributed by atoms with Crippen LogP contribution in [0.4, 0.5) is 4.39 Å². The molecule has 0 radical (unpaired) electrons. The van der Waals surface area contributed by atoms with Gasteiger partial charge in [-0.1, -0.05) is 42.5 Å². The molecule has 0 atom stereocenters. The van der Waals surface area contributed by atoms with Crippen LogP contribution in [-0.4, -0.2) is 23.9 Å². The second kappa shape index (κ2) is 7.43. The molecule has 0 aliphatic rings. The number of rotatable bonds is 5. The molecular formula is C15H18FNO. The summed E-state index contributed by atoms with van der Waals surface area (Å²) in [6, 6.07) is 9.54. The number of allylic oxidation sites excluding steroid dienone is 2. The largest absolute Gasteiger partial charge is 0.337 e. The summed E-state index contributed by atoms with van der Waals surface area (Å²) in [6.45, 7) is 4.68. The number of nitrogens with zero attached hydrogens (tertiary/aromatic N) is 1. The molecule has 0 fully saturated rings. The number of carbonyl (C=O) groups is 1. The molecule has 1 rings (SSSR count). The number of benzene rings is 1. The molecule has 0 unspecified atom stereocenters. The van der Waals surface area contributed by atoms with Gasteiger partial charge in [0.15, 0.2) is 5.83 Å². The summed E-state index contributed by atoms with van der Waals surface area (Å²) in [5.41, 5.74) is 0.969. The Balaban J connectivity index is 2.67. The fourth-order valence-electron chi connectivity index (χ4n) is 1.54. The van der Waals surface area contributed by atoms with E-state index in [1.165, 1.54) is 11.0 Å². The number of likely N-dealkylation sites (N-methyl/N-ethyl adjacent to an activating group) is 1. The van der Waals surface area contributed by atoms with Crippen LogP contribution in [0.2, 0.25) is 0 Å². The van der Waals surface area contributed by atoms with Gasteiger partial charge in [0.1, 0.15) is 0 Å². The maximum Gasteiger partial charge on any atom is 0.282 e. The number of hydrogen-bond donors (Lipinski definition) is 0. The Labute approximate surface area is 107 Å². The number of carbonyl (C=O) groups excluding carboxylic acids is 1. The second-order valence-corrected chi connectivity index (χ2v) is 3.76. The average Bonchev–Trinajstić information content (AvgIpc) is 2.41. The minimum atomic E-state index is -0.731. The lowest BCUT2D eigenvalue weighted by atomic mass is 10.2. The van der Waals surface area contributed by atoms with E-state index in [1.807, 2.05) is 44.2 Å². The van der Waals surface area contributed by atoms with E-state index >= 15 is 0 Å². The van der Waals surface area contributed by atoms with Crippen molar-refractivity contribution in [2.24, 2.45) is 0 Å². The first-order valence-corrected chi connectivity index (χ1v) is 6.07. The topological polar surface area (TPSA) is 20.3 Å². The normalized spacial score (nSPS) is 11.8. The zero-order valence-electron chi connectivity index (χ0n) is 10.8. The number of halogens is 1. The van der Waals surface area contributed by atoms with Gasteiger partial charge in [-0.15, -0.1) is 0 Å². The quantitative estimate of drug-likeness (QED) is 0.576. The summed E-state index contributed by atoms with van der Waals surface area (Å²) >= 11 is 0. The minimum Gasteiger partial charge on any atom is -0.337 e. The molecule has 0 heterocycles. The van der Waals surface area contributed by atoms with E-state index in [1.54, 1.807) is 12.2 Å². The smallest absolute Gasteiger partial charge is 0.282 e. The standard InChI is InChI=1S/C15H18FNO/c1-3-17(4-2)15(18)14(16)12-8-11-13-9-6-5-7-10-13/h5-12H,3-4H2,1-2H3/b11-8+,14-12+. The predicted octanol–water partition coefficient (Wildman–Crippen LogP) is 3.42. The van der Waals surface area contributed by atoms with Crippen molar-refractivity contribution >= 4 is 12.0 Å². The molecule has 0 aliphatic heterocycles. The highest BCUT2D eigenvalue weighted by Gasteiger charge is 2.13. The van der Waals surface area contributed by atoms with Crippen LogP contribution >= 0.6 is 0 Å². The van der Waals surface area contributed by atoms with Crippen LogP contribution in [-0.2, 0) is 4.79 Å². The molecule has 96 valence electrons. The Hall–Kier alpha value is -1.90. The van der Waals surface area contributed by atoms with Gasteiger partial charge >= 0.3 is 0 Å². The first kappa shape index (κ1) is 14.2. The van der Waals surface area contributed by atoms with E-state index in [2.05, 4.69) is 0 Å². The molecule has 1 aromatic rings. The molecule has 1 aromatic carbocycles. The van der Waals surface area contributed by atoms with E-state index in [0.29, 0.717) is 13.1 Å². The first-order valence-electron chi connectivity index (χ1n) is 6.07. The predicted molar refractivity (Wildman–Crippen MR) is 72.6 cm³/mol. The molecule has 0 spiro atoms. The van der Waals surface area contributed by atoms with Gasteiger partial charge in [-0.25, -0.2) is 4.39 Å². The van der Waals surface area contributed by atoms with Crippen LogP contribution in [0, 0.1) is 0 Å². The molecule has 3 heteroatoms. The Bertz CT molecular complexity index is 433. The zero-order valence-corrected chi connectivity index (χ0v) is 10.8. The number of amides is 1. The Kier molecular flexibility index (Phi) is 5.85. The molecule has 0 aliphatic carbocycles. The lowest BCUT2D eigenvalue weighted by Gasteiger charge is -2.16. The lowest BCUT2D eigenvalue weighted by Crippen LogP contribution is -2.30. The maximum absolute atomic E-state index is 13.5. The summed E-state index contributed by atoms with van der Waals surface area (Å²) in [6.07, 6.45) is 4.51. The summed E-state index contributed by atoms with van der Waals surface area (Å²) < 4.78 is 13.5. The average molecular weight is 247 g/mol. The molecule has 18 heavy (non-hydrogen) atoms. The van der Waals surface area contributed by atoms with Gasteiger partial charge in [-0.2, -0.15) is 0 Å². The highest BCUT2D eigenvalue weighted by Crippen LogP contribution is 2.06. The monoisotopic (exact) mass is 247 g/mol. The van der Waals surface area contributed by atoms with E-state index in [4.69, 9.17) is 0 Å². The van der Waals surface area contributed by atoms with Crippen molar-refractivity contribution in [1.29, 1.82) is 0 Å². The third-order valence-electron chi connectivity index (χ3n) is 2.59. The lowest BCUT2D eigenvalue weighted by molar-refractivity contribution is -0.128. The van der Waals surface area contributed by atoms with Crippen molar-refractivity contribution in [3.05, 3.63) is 53.9 Å². The van der Waals surface area contributed by atoms with Crippen molar-refractivity contribution in [2.45, 2.75) is 13.8 Å². The SMILES string of the molecule is CCN(CC)C(=O)/C(F)=C\C=C\c1ccccc1. The van der Waals surface area contributed by atoms with Crippen LogP contribution in [0.5, 0.6) is 0 Å². The van der Waals surface area contributed by atoms with Crippen molar-refractivity contribution in [1.82, 2.24) is 4.90 Å². The number of hydrogen-bond acceptors (Lipinski definition) is 1. The highest BCUT2D eigenvalue weighted by atomic mass is 19.1. The van der Waals surface area contributed by atoms with Gasteiger partial charge in [0, 0.05) is 13.1 Å². The third kappa shape index (κ3) is 4.17. The van der Waals surface area contributed by atoms with E-state index in [0.717, 1.165) is 5.56 Å². The van der Waals surface area contributed by atoms with Gasteiger partial charge in [0.2, 0.25) is 0 Å². The Morgan fingerprint density at radius 2 is 1.83 bits per heavy atom. The molecule has 0 N–H and O–H groups in total. The van der Waals surface area contributed by atoms with Gasteiger partial charge < -0.3 is 4.90 Å². The molecule has 2 nitrogen and oxygen atoms in total. The fraction of sp³-hybridized carbons (Fsp3) is 0.267. The van der Waals surface area contributed by atoms with Crippen molar-refractivity contribution in [2.75, 3.05) is 13.1 Å². The van der Waals surface area contributed by atoms with Gasteiger partial charge in [-0.3, -0.25) is 4.79 Å². The van der Waals surface area contributed by atoms with Crippen LogP contribution in [0.25, 0.3) is 6.08 Å². The van der Waals surface area contributed by atoms with Crippen molar-refractivity contribution in [3.63, 3.8) is 0 Å². The van der Waals surface area contributed by atoms with Gasteiger partial charge in [0.05, 0.1) is 0 Å². The molecule has 0 bridgehead atoms. The van der Waals surface area contributed by atoms with Crippen molar-refractivity contribution in [3.8, 4) is 0 Å². The third-order valence-corrected chi connectivity index (χ3v) is 2.59. The highest BCUT2D eigenvalue weighted by molar-refractivity contribution is 5.91. The van der Waals surface area contributed by atoms with Crippen LogP contribution in [0.1, 0.15) is 19.4 Å². The Morgan fingerprint density at radius 3 is 2.39 bits per heavy atom. The van der Waals surface area contributed by atoms with Crippen LogP contribution in [0.15, 0.2) is 48.3 Å². The fourth-order valence-corrected chi connectivity index (χ4v) is 1.54. The molecule has 0 saturated heterocycles.